The van der Waals surface area contributed by atoms with Crippen LogP contribution in [0.1, 0.15) is 17.1 Å². The van der Waals surface area contributed by atoms with Gasteiger partial charge in [0.25, 0.3) is 0 Å². The molecule has 172 valence electrons. The third-order valence-corrected chi connectivity index (χ3v) is 4.70. The maximum Gasteiger partial charge on any atom is 0.436 e. The number of alkyl halides is 6. The van der Waals surface area contributed by atoms with Crippen LogP contribution >= 0.6 is 11.6 Å². The van der Waals surface area contributed by atoms with Crippen molar-refractivity contribution in [1.29, 1.82) is 0 Å². The average Bonchev–Trinajstić information content (AvgIpc) is 3.01. The highest BCUT2D eigenvalue weighted by atomic mass is 35.5. The molecular formula is C17H11ClF7N5O2. The van der Waals surface area contributed by atoms with Crippen LogP contribution in [0, 0.1) is 5.82 Å². The summed E-state index contributed by atoms with van der Waals surface area (Å²) in [7, 11) is 0. The first-order valence-corrected chi connectivity index (χ1v) is 8.90. The van der Waals surface area contributed by atoms with Crippen LogP contribution in [0.5, 0.6) is 0 Å². The Bertz CT molecular complexity index is 1090. The second-order valence-electron chi connectivity index (χ2n) is 6.65. The van der Waals surface area contributed by atoms with Crippen LogP contribution in [0.25, 0.3) is 11.1 Å². The molecule has 2 aromatic heterocycles. The molecule has 0 radical (unpaired) electrons. The highest BCUT2D eigenvalue weighted by molar-refractivity contribution is 6.31. The van der Waals surface area contributed by atoms with E-state index in [4.69, 9.17) is 17.3 Å². The molecule has 1 aliphatic heterocycles. The Kier molecular flexibility index (Phi) is 5.93. The first kappa shape index (κ1) is 23.5. The molecule has 3 amide bonds. The Balaban J connectivity index is 2.10. The number of hydrogen-bond acceptors (Lipinski definition) is 4. The summed E-state index contributed by atoms with van der Waals surface area (Å²) in [4.78, 5) is 30.6. The number of urea groups is 1. The molecule has 0 aromatic carbocycles. The smallest absolute Gasteiger partial charge is 0.368 e. The van der Waals surface area contributed by atoms with Crippen LogP contribution in [0.4, 0.5) is 35.5 Å². The number of amides is 3. The fraction of sp³-hybridized carbons (Fsp3) is 0.294. The van der Waals surface area contributed by atoms with Gasteiger partial charge >= 0.3 is 18.4 Å². The quantitative estimate of drug-likeness (QED) is 0.649. The summed E-state index contributed by atoms with van der Waals surface area (Å²) in [5.41, 5.74) is 0.577. The molecule has 32 heavy (non-hydrogen) atoms. The predicted molar refractivity (Wildman–Crippen MR) is 94.4 cm³/mol. The number of nitrogens with zero attached hydrogens (tertiary/aromatic N) is 3. The largest absolute Gasteiger partial charge is 0.436 e. The fourth-order valence-electron chi connectivity index (χ4n) is 2.96. The van der Waals surface area contributed by atoms with Crippen molar-refractivity contribution in [3.63, 3.8) is 0 Å². The number of pyridine rings is 2. The van der Waals surface area contributed by atoms with E-state index in [-0.39, 0.29) is 17.7 Å². The molecular weight excluding hydrogens is 475 g/mol. The minimum atomic E-state index is -5.20. The number of hydrogen-bond donors (Lipinski definition) is 2. The Morgan fingerprint density at radius 1 is 1.19 bits per heavy atom. The molecule has 0 bridgehead atoms. The maximum atomic E-state index is 14.2. The number of nitrogens with two attached hydrogens (primary N) is 1. The van der Waals surface area contributed by atoms with Crippen LogP contribution < -0.4 is 11.1 Å². The fourth-order valence-corrected chi connectivity index (χ4v) is 3.23. The Morgan fingerprint density at radius 2 is 1.81 bits per heavy atom. The second kappa shape index (κ2) is 8.07. The minimum absolute atomic E-state index is 0.274. The van der Waals surface area contributed by atoms with Gasteiger partial charge in [0.15, 0.2) is 17.2 Å². The van der Waals surface area contributed by atoms with Gasteiger partial charge in [-0.1, -0.05) is 11.6 Å². The van der Waals surface area contributed by atoms with Crippen LogP contribution in [0.3, 0.4) is 0 Å². The highest BCUT2D eigenvalue weighted by Gasteiger charge is 2.39. The van der Waals surface area contributed by atoms with Crippen molar-refractivity contribution in [2.75, 3.05) is 6.54 Å². The van der Waals surface area contributed by atoms with Crippen LogP contribution in [0.2, 0.25) is 5.02 Å². The van der Waals surface area contributed by atoms with Crippen molar-refractivity contribution in [2.45, 2.75) is 24.9 Å². The van der Waals surface area contributed by atoms with Gasteiger partial charge in [-0.05, 0) is 12.1 Å². The molecule has 7 nitrogen and oxygen atoms in total. The van der Waals surface area contributed by atoms with Crippen molar-refractivity contribution in [3.05, 3.63) is 46.3 Å². The predicted octanol–water partition coefficient (Wildman–Crippen LogP) is 3.35. The Hall–Kier alpha value is -3.16. The first-order chi connectivity index (χ1) is 14.7. The lowest BCUT2D eigenvalue weighted by atomic mass is 10.0. The Labute approximate surface area is 179 Å². The molecule has 1 aliphatic rings. The second-order valence-corrected chi connectivity index (χ2v) is 7.06. The number of rotatable bonds is 4. The van der Waals surface area contributed by atoms with Crippen molar-refractivity contribution >= 4 is 23.5 Å². The van der Waals surface area contributed by atoms with Gasteiger partial charge in [-0.25, -0.2) is 19.2 Å². The molecule has 3 rings (SSSR count). The van der Waals surface area contributed by atoms with E-state index >= 15 is 0 Å². The van der Waals surface area contributed by atoms with Gasteiger partial charge in [0, 0.05) is 17.3 Å². The van der Waals surface area contributed by atoms with Gasteiger partial charge in [0.05, 0.1) is 23.8 Å². The molecule has 1 atom stereocenters. The lowest BCUT2D eigenvalue weighted by molar-refractivity contribution is -0.144. The number of nitrogens with one attached hydrogen (secondary N) is 1. The van der Waals surface area contributed by atoms with E-state index < -0.39 is 64.8 Å². The minimum Gasteiger partial charge on any atom is -0.368 e. The van der Waals surface area contributed by atoms with Gasteiger partial charge in [-0.2, -0.15) is 26.3 Å². The van der Waals surface area contributed by atoms with E-state index in [0.29, 0.717) is 12.3 Å². The van der Waals surface area contributed by atoms with E-state index in [1.807, 2.05) is 0 Å². The van der Waals surface area contributed by atoms with Crippen molar-refractivity contribution < 1.29 is 40.3 Å². The number of halogens is 8. The summed E-state index contributed by atoms with van der Waals surface area (Å²) in [6.45, 7) is -0.965. The van der Waals surface area contributed by atoms with Crippen molar-refractivity contribution in [2.24, 2.45) is 5.73 Å². The number of aromatic nitrogens is 2. The van der Waals surface area contributed by atoms with E-state index in [1.54, 1.807) is 0 Å². The van der Waals surface area contributed by atoms with E-state index in [2.05, 4.69) is 15.3 Å². The van der Waals surface area contributed by atoms with Crippen LogP contribution in [-0.4, -0.2) is 39.4 Å². The summed E-state index contributed by atoms with van der Waals surface area (Å²) >= 11 is 5.60. The van der Waals surface area contributed by atoms with Gasteiger partial charge in [0.1, 0.15) is 6.04 Å². The molecule has 15 heteroatoms. The zero-order valence-electron chi connectivity index (χ0n) is 15.5. The normalized spacial score (nSPS) is 16.9. The van der Waals surface area contributed by atoms with Crippen LogP contribution in [-0.2, 0) is 23.7 Å². The van der Waals surface area contributed by atoms with Crippen LogP contribution in [0.15, 0.2) is 18.3 Å². The van der Waals surface area contributed by atoms with E-state index in [0.717, 1.165) is 11.0 Å². The van der Waals surface area contributed by atoms with Gasteiger partial charge in [-0.3, -0.25) is 4.79 Å². The highest BCUT2D eigenvalue weighted by Crippen LogP contribution is 2.37. The third kappa shape index (κ3) is 4.69. The number of primary amides is 1. The van der Waals surface area contributed by atoms with E-state index in [9.17, 15) is 40.3 Å². The number of carbonyl (C=O) groups excluding carboxylic acids is 2. The molecule has 1 saturated heterocycles. The summed E-state index contributed by atoms with van der Waals surface area (Å²) in [6, 6.07) is -0.842. The summed E-state index contributed by atoms with van der Waals surface area (Å²) in [5.74, 6) is -2.70. The molecule has 1 fully saturated rings. The zero-order chi connectivity index (χ0) is 24.0. The van der Waals surface area contributed by atoms with Crippen molar-refractivity contribution in [3.8, 4) is 11.1 Å². The molecule has 0 saturated carbocycles. The molecule has 0 aliphatic carbocycles. The van der Waals surface area contributed by atoms with Gasteiger partial charge < -0.3 is 16.0 Å². The van der Waals surface area contributed by atoms with E-state index in [1.165, 1.54) is 0 Å². The van der Waals surface area contributed by atoms with Gasteiger partial charge in [0.2, 0.25) is 5.91 Å². The summed E-state index contributed by atoms with van der Waals surface area (Å²) < 4.78 is 92.3. The molecule has 0 unspecified atom stereocenters. The average molecular weight is 486 g/mol. The lowest BCUT2D eigenvalue weighted by Crippen LogP contribution is -2.39. The molecule has 3 N–H and O–H groups in total. The third-order valence-electron chi connectivity index (χ3n) is 4.42. The summed E-state index contributed by atoms with van der Waals surface area (Å²) in [5, 5.41) is 1.32. The molecule has 0 spiro atoms. The zero-order valence-corrected chi connectivity index (χ0v) is 16.2. The standard InChI is InChI=1S/C17H11ClF7N5O2/c18-8-1-6(3-27-12(8)16(20,21)22)7-2-9(19)13(17(23,24)25)28-10(7)4-30-5-11(14(26)31)29-15(30)32/h1-3,11H,4-5H2,(H2,26,31)(H,29,32)/t11-/m1/s1. The molecule has 3 heterocycles. The molecule has 2 aromatic rings. The summed E-state index contributed by atoms with van der Waals surface area (Å²) in [6.07, 6.45) is -9.46. The lowest BCUT2D eigenvalue weighted by Gasteiger charge is -2.19. The maximum absolute atomic E-state index is 14.2. The van der Waals surface area contributed by atoms with Crippen molar-refractivity contribution in [1.82, 2.24) is 20.2 Å². The first-order valence-electron chi connectivity index (χ1n) is 8.53. The Morgan fingerprint density at radius 3 is 2.31 bits per heavy atom. The SMILES string of the molecule is NC(=O)[C@H]1CN(Cc2nc(C(F)(F)F)c(F)cc2-c2cnc(C(F)(F)F)c(Cl)c2)C(=O)N1. The number of carbonyl (C=O) groups is 2. The topological polar surface area (TPSA) is 101 Å². The van der Waals surface area contributed by atoms with Gasteiger partial charge in [-0.15, -0.1) is 0 Å². The monoisotopic (exact) mass is 485 g/mol.